The molecule has 0 aliphatic heterocycles. The van der Waals surface area contributed by atoms with Gasteiger partial charge in [0, 0.05) is 4.83 Å². The molecule has 2 unspecified atom stereocenters. The van der Waals surface area contributed by atoms with Crippen LogP contribution in [0.15, 0.2) is 0 Å². The van der Waals surface area contributed by atoms with E-state index in [9.17, 15) is 0 Å². The first kappa shape index (κ1) is 13.4. The molecule has 72 valence electrons. The smallest absolute Gasteiger partial charge is 0.0865 e. The molecule has 0 aromatic heterocycles. The molecule has 0 bridgehead atoms. The zero-order valence-electron chi connectivity index (χ0n) is 5.38. The van der Waals surface area contributed by atoms with Crippen LogP contribution in [0.1, 0.15) is 0 Å². The quantitative estimate of drug-likeness (QED) is 0.324. The molecule has 0 aromatic rings. The van der Waals surface area contributed by atoms with Crippen molar-refractivity contribution in [2.75, 3.05) is 0 Å². The summed E-state index contributed by atoms with van der Waals surface area (Å²) in [5, 5.41) is 0. The molecular formula is C5H3Br7. The summed E-state index contributed by atoms with van der Waals surface area (Å²) in [5.74, 6) is 0. The van der Waals surface area contributed by atoms with Crippen molar-refractivity contribution >= 4 is 112 Å². The first-order valence-electron chi connectivity index (χ1n) is 2.90. The van der Waals surface area contributed by atoms with Crippen LogP contribution in [0, 0.1) is 0 Å². The van der Waals surface area contributed by atoms with Crippen LogP contribution in [0.5, 0.6) is 0 Å². The lowest BCUT2D eigenvalue weighted by Gasteiger charge is -2.30. The summed E-state index contributed by atoms with van der Waals surface area (Å²) >= 11 is 25.3. The normalized spacial score (nSPS) is 44.8. The van der Waals surface area contributed by atoms with E-state index in [4.69, 9.17) is 0 Å². The Morgan fingerprint density at radius 1 is 0.667 bits per heavy atom. The molecule has 0 amide bonds. The predicted octanol–water partition coefficient (Wildman–Crippen LogP) is 5.26. The Labute approximate surface area is 130 Å². The Kier molecular flexibility index (Phi) is 4.83. The third kappa shape index (κ3) is 1.95. The summed E-state index contributed by atoms with van der Waals surface area (Å²) < 4.78 is -0.454. The van der Waals surface area contributed by atoms with Crippen LogP contribution >= 0.6 is 112 Å². The van der Waals surface area contributed by atoms with E-state index >= 15 is 0 Å². The average Bonchev–Trinajstić information content (AvgIpc) is 2.05. The van der Waals surface area contributed by atoms with Gasteiger partial charge in [0.05, 0.1) is 9.65 Å². The van der Waals surface area contributed by atoms with Crippen LogP contribution in [0.4, 0.5) is 0 Å². The molecule has 1 aliphatic rings. The van der Waals surface area contributed by atoms with Gasteiger partial charge in [0.25, 0.3) is 0 Å². The molecule has 0 aromatic carbocycles. The highest BCUT2D eigenvalue weighted by molar-refractivity contribution is 9.31. The van der Waals surface area contributed by atoms with Crippen molar-refractivity contribution in [3.8, 4) is 0 Å². The molecule has 2 atom stereocenters. The molecule has 0 N–H and O–H groups in total. The predicted molar refractivity (Wildman–Crippen MR) is 79.3 cm³/mol. The fourth-order valence-corrected chi connectivity index (χ4v) is 8.22. The van der Waals surface area contributed by atoms with Gasteiger partial charge in [0.2, 0.25) is 0 Å². The highest BCUT2D eigenvalue weighted by Gasteiger charge is 2.64. The van der Waals surface area contributed by atoms with E-state index in [0.29, 0.717) is 4.83 Å². The Hall–Kier alpha value is 3.36. The minimum Gasteiger partial charge on any atom is -0.0865 e. The van der Waals surface area contributed by atoms with Crippen LogP contribution < -0.4 is 0 Å². The van der Waals surface area contributed by atoms with Gasteiger partial charge in [-0.15, -0.1) is 0 Å². The van der Waals surface area contributed by atoms with Gasteiger partial charge in [-0.05, 0) is 0 Å². The summed E-state index contributed by atoms with van der Waals surface area (Å²) in [7, 11) is 0. The van der Waals surface area contributed by atoms with E-state index in [1.807, 2.05) is 0 Å². The highest BCUT2D eigenvalue weighted by Crippen LogP contribution is 2.64. The molecule has 0 radical (unpaired) electrons. The molecular weight excluding hydrogens is 619 g/mol. The lowest BCUT2D eigenvalue weighted by Crippen LogP contribution is -2.37. The molecule has 1 rings (SSSR count). The maximum absolute atomic E-state index is 3.63. The first-order chi connectivity index (χ1) is 5.23. The van der Waals surface area contributed by atoms with Crippen molar-refractivity contribution in [3.63, 3.8) is 0 Å². The van der Waals surface area contributed by atoms with Crippen LogP contribution in [-0.2, 0) is 0 Å². The van der Waals surface area contributed by atoms with Crippen molar-refractivity contribution in [2.24, 2.45) is 0 Å². The van der Waals surface area contributed by atoms with Crippen molar-refractivity contribution in [3.05, 3.63) is 0 Å². The molecule has 0 nitrogen and oxygen atoms in total. The topological polar surface area (TPSA) is 0 Å². The van der Waals surface area contributed by atoms with Crippen LogP contribution in [0.3, 0.4) is 0 Å². The Bertz CT molecular complexity index is 168. The number of hydrogen-bond acceptors (Lipinski definition) is 0. The van der Waals surface area contributed by atoms with Gasteiger partial charge in [0.1, 0.15) is 6.47 Å². The maximum atomic E-state index is 3.63. The first-order valence-corrected chi connectivity index (χ1v) is 8.82. The van der Waals surface area contributed by atoms with Gasteiger partial charge in [-0.3, -0.25) is 0 Å². The molecule has 0 spiro atoms. The van der Waals surface area contributed by atoms with E-state index in [-0.39, 0.29) is 16.1 Å². The van der Waals surface area contributed by atoms with Gasteiger partial charge in [-0.25, -0.2) is 0 Å². The number of rotatable bonds is 0. The summed E-state index contributed by atoms with van der Waals surface area (Å²) in [5.41, 5.74) is 0. The minimum absolute atomic E-state index is 0.227. The van der Waals surface area contributed by atoms with E-state index < -0.39 is 0 Å². The molecule has 0 heterocycles. The van der Waals surface area contributed by atoms with Gasteiger partial charge in [0.15, 0.2) is 0 Å². The van der Waals surface area contributed by atoms with Gasteiger partial charge in [-0.1, -0.05) is 112 Å². The summed E-state index contributed by atoms with van der Waals surface area (Å²) in [6, 6.07) is 0. The molecule has 12 heavy (non-hydrogen) atoms. The van der Waals surface area contributed by atoms with E-state index in [0.717, 1.165) is 0 Å². The fourth-order valence-electron chi connectivity index (χ4n) is 0.916. The second-order valence-electron chi connectivity index (χ2n) is 2.49. The lowest BCUT2D eigenvalue weighted by atomic mass is 10.4. The van der Waals surface area contributed by atoms with Gasteiger partial charge >= 0.3 is 0 Å². The van der Waals surface area contributed by atoms with E-state index in [2.05, 4.69) is 112 Å². The van der Waals surface area contributed by atoms with Crippen molar-refractivity contribution in [1.82, 2.24) is 0 Å². The largest absolute Gasteiger partial charge is 0.120 e. The van der Waals surface area contributed by atoms with Crippen molar-refractivity contribution < 1.29 is 0 Å². The minimum atomic E-state index is -0.227. The fraction of sp³-hybridized carbons (Fsp3) is 1.00. The second-order valence-corrected chi connectivity index (χ2v) is 12.7. The number of halogens is 7. The van der Waals surface area contributed by atoms with E-state index in [1.54, 1.807) is 0 Å². The second kappa shape index (κ2) is 4.32. The molecule has 1 fully saturated rings. The lowest BCUT2D eigenvalue weighted by molar-refractivity contribution is 0.898. The van der Waals surface area contributed by atoms with Crippen LogP contribution in [-0.4, -0.2) is 20.9 Å². The molecule has 0 saturated heterocycles. The molecule has 7 heteroatoms. The number of hydrogen-bond donors (Lipinski definition) is 0. The summed E-state index contributed by atoms with van der Waals surface area (Å²) in [6.45, 7) is 0. The van der Waals surface area contributed by atoms with Gasteiger partial charge in [-0.2, -0.15) is 0 Å². The Morgan fingerprint density at radius 2 is 0.917 bits per heavy atom. The van der Waals surface area contributed by atoms with Crippen molar-refractivity contribution in [1.29, 1.82) is 0 Å². The van der Waals surface area contributed by atoms with Gasteiger partial charge < -0.3 is 0 Å². The Balaban J connectivity index is 3.06. The average molecular weight is 622 g/mol. The molecule has 1 saturated carbocycles. The SMILES string of the molecule is BrC1C(Br)C(Br)(Br)C(Br)(Br)C1Br. The highest BCUT2D eigenvalue weighted by atomic mass is 79.9. The summed E-state index contributed by atoms with van der Waals surface area (Å²) in [6.07, 6.45) is 0. The Morgan fingerprint density at radius 3 is 1.00 bits per heavy atom. The van der Waals surface area contributed by atoms with E-state index in [1.165, 1.54) is 0 Å². The zero-order chi connectivity index (χ0) is 9.73. The standard InChI is InChI=1S/C5H3Br7/c6-1-2(7)4(9,10)5(11,12)3(1)8/h1-3H. The zero-order valence-corrected chi connectivity index (χ0v) is 16.5. The molecule has 1 aliphatic carbocycles. The van der Waals surface area contributed by atoms with Crippen LogP contribution in [0.2, 0.25) is 0 Å². The third-order valence-electron chi connectivity index (χ3n) is 1.70. The van der Waals surface area contributed by atoms with Crippen LogP contribution in [0.25, 0.3) is 0 Å². The number of alkyl halides is 7. The van der Waals surface area contributed by atoms with Crippen molar-refractivity contribution in [2.45, 2.75) is 20.9 Å². The summed E-state index contributed by atoms with van der Waals surface area (Å²) in [4.78, 5) is 0.872. The maximum Gasteiger partial charge on any atom is 0.120 e. The third-order valence-corrected chi connectivity index (χ3v) is 15.7. The monoisotopic (exact) mass is 615 g/mol.